The molecule has 1 aliphatic rings. The van der Waals surface area contributed by atoms with E-state index in [2.05, 4.69) is 29.7 Å². The average Bonchev–Trinajstić information content (AvgIpc) is 2.25. The fraction of sp³-hybridized carbons (Fsp3) is 0.538. The summed E-state index contributed by atoms with van der Waals surface area (Å²) >= 11 is 0. The normalized spacial score (nSPS) is 20.2. The molecule has 78 valence electrons. The van der Waals surface area contributed by atoms with E-state index >= 15 is 0 Å². The Kier molecular flexibility index (Phi) is 5.31. The minimum Gasteiger partial charge on any atom is -0.299 e. The van der Waals surface area contributed by atoms with E-state index in [1.165, 1.54) is 37.9 Å². The number of hydrogen-bond acceptors (Lipinski definition) is 1. The summed E-state index contributed by atoms with van der Waals surface area (Å²) in [4.78, 5) is 2.51. The molecule has 0 radical (unpaired) electrons. The maximum Gasteiger partial charge on any atom is 0.0233 e. The van der Waals surface area contributed by atoms with Crippen molar-refractivity contribution in [1.82, 2.24) is 4.90 Å². The van der Waals surface area contributed by atoms with Gasteiger partial charge in [-0.25, -0.2) is 0 Å². The van der Waals surface area contributed by atoms with Crippen LogP contribution >= 0.6 is 0 Å². The second-order valence-corrected chi connectivity index (χ2v) is 3.81. The lowest BCUT2D eigenvalue weighted by molar-refractivity contribution is 0.248. The van der Waals surface area contributed by atoms with Crippen LogP contribution in [0.3, 0.4) is 0 Å². The van der Waals surface area contributed by atoms with Gasteiger partial charge in [0.2, 0.25) is 0 Å². The molecule has 0 bridgehead atoms. The Morgan fingerprint density at radius 3 is 2.57 bits per heavy atom. The van der Waals surface area contributed by atoms with Gasteiger partial charge in [-0.05, 0) is 38.4 Å². The second kappa shape index (κ2) is 6.61. The molecule has 1 heterocycles. The fourth-order valence-corrected chi connectivity index (χ4v) is 1.78. The van der Waals surface area contributed by atoms with Crippen molar-refractivity contribution < 1.29 is 0 Å². The minimum atomic E-state index is 1.06. The lowest BCUT2D eigenvalue weighted by Gasteiger charge is -2.26. The lowest BCUT2D eigenvalue weighted by atomic mass is 10.1. The highest BCUT2D eigenvalue weighted by Gasteiger charge is 2.09. The summed E-state index contributed by atoms with van der Waals surface area (Å²) in [6.45, 7) is 9.46. The van der Waals surface area contributed by atoms with Crippen LogP contribution in [-0.4, -0.2) is 24.5 Å². The van der Waals surface area contributed by atoms with Crippen LogP contribution in [0.1, 0.15) is 26.2 Å². The first kappa shape index (κ1) is 11.3. The minimum absolute atomic E-state index is 1.06. The predicted octanol–water partition coefficient (Wildman–Crippen LogP) is 3.16. The van der Waals surface area contributed by atoms with Crippen LogP contribution in [0.4, 0.5) is 0 Å². The summed E-state index contributed by atoms with van der Waals surface area (Å²) < 4.78 is 0. The molecule has 0 atom stereocenters. The van der Waals surface area contributed by atoms with Gasteiger partial charge in [0.15, 0.2) is 0 Å². The first-order valence-electron chi connectivity index (χ1n) is 5.53. The lowest BCUT2D eigenvalue weighted by Crippen LogP contribution is -2.31. The summed E-state index contributed by atoms with van der Waals surface area (Å²) in [5, 5.41) is 0. The highest BCUT2D eigenvalue weighted by molar-refractivity contribution is 5.23. The van der Waals surface area contributed by atoms with Gasteiger partial charge in [-0.3, -0.25) is 4.90 Å². The van der Waals surface area contributed by atoms with E-state index in [0.29, 0.717) is 0 Å². The summed E-state index contributed by atoms with van der Waals surface area (Å²) in [7, 11) is 0. The maximum absolute atomic E-state index is 3.85. The molecule has 0 N–H and O–H groups in total. The van der Waals surface area contributed by atoms with Crippen LogP contribution in [0, 0.1) is 0 Å². The smallest absolute Gasteiger partial charge is 0.0233 e. The molecule has 1 nitrogen and oxygen atoms in total. The molecule has 0 aliphatic carbocycles. The number of rotatable bonds is 4. The standard InChI is InChI=1S/C13H21N/c1-3-5-9-13(4-2)12-14-10-7-6-8-11-14/h3-5,9H,2,6-8,10-12H2,1H3/b5-3-,13-9+. The van der Waals surface area contributed by atoms with Crippen LogP contribution in [0.5, 0.6) is 0 Å². The molecular weight excluding hydrogens is 170 g/mol. The van der Waals surface area contributed by atoms with Crippen LogP contribution in [0.2, 0.25) is 0 Å². The largest absolute Gasteiger partial charge is 0.299 e. The van der Waals surface area contributed by atoms with Gasteiger partial charge >= 0.3 is 0 Å². The zero-order valence-electron chi connectivity index (χ0n) is 9.21. The van der Waals surface area contributed by atoms with Gasteiger partial charge in [-0.2, -0.15) is 0 Å². The zero-order valence-corrected chi connectivity index (χ0v) is 9.21. The van der Waals surface area contributed by atoms with Crippen molar-refractivity contribution in [2.45, 2.75) is 26.2 Å². The summed E-state index contributed by atoms with van der Waals surface area (Å²) in [6, 6.07) is 0. The first-order valence-corrected chi connectivity index (χ1v) is 5.53. The molecule has 14 heavy (non-hydrogen) atoms. The van der Waals surface area contributed by atoms with Gasteiger partial charge in [-0.15, -0.1) is 0 Å². The highest BCUT2D eigenvalue weighted by Crippen LogP contribution is 2.11. The number of nitrogens with zero attached hydrogens (tertiary/aromatic N) is 1. The van der Waals surface area contributed by atoms with Crippen LogP contribution in [-0.2, 0) is 0 Å². The topological polar surface area (TPSA) is 3.24 Å². The molecule has 1 rings (SSSR count). The number of piperidine rings is 1. The van der Waals surface area contributed by atoms with Crippen LogP contribution < -0.4 is 0 Å². The van der Waals surface area contributed by atoms with Crippen LogP contribution in [0.15, 0.2) is 36.5 Å². The number of likely N-dealkylation sites (tertiary alicyclic amines) is 1. The Balaban J connectivity index is 2.42. The Morgan fingerprint density at radius 1 is 1.29 bits per heavy atom. The molecule has 0 saturated carbocycles. The molecule has 0 amide bonds. The number of allylic oxidation sites excluding steroid dienone is 3. The molecule has 0 aromatic heterocycles. The molecule has 0 aromatic carbocycles. The SMILES string of the molecule is C=C/C(=C\C=C/C)CN1CCCCC1. The summed E-state index contributed by atoms with van der Waals surface area (Å²) in [5.41, 5.74) is 1.32. The molecule has 1 aliphatic heterocycles. The van der Waals surface area contributed by atoms with E-state index in [4.69, 9.17) is 0 Å². The predicted molar refractivity (Wildman–Crippen MR) is 63.4 cm³/mol. The van der Waals surface area contributed by atoms with E-state index in [1.54, 1.807) is 0 Å². The van der Waals surface area contributed by atoms with E-state index < -0.39 is 0 Å². The summed E-state index contributed by atoms with van der Waals surface area (Å²) in [6.07, 6.45) is 12.4. The highest BCUT2D eigenvalue weighted by atomic mass is 15.1. The Labute approximate surface area is 87.8 Å². The van der Waals surface area contributed by atoms with Gasteiger partial charge in [-0.1, -0.05) is 37.3 Å². The Bertz CT molecular complexity index is 219. The third kappa shape index (κ3) is 3.93. The van der Waals surface area contributed by atoms with Gasteiger partial charge in [0.1, 0.15) is 0 Å². The van der Waals surface area contributed by atoms with Crippen molar-refractivity contribution in [3.63, 3.8) is 0 Å². The van der Waals surface area contributed by atoms with E-state index in [-0.39, 0.29) is 0 Å². The van der Waals surface area contributed by atoms with E-state index in [0.717, 1.165) is 6.54 Å². The van der Waals surface area contributed by atoms with Gasteiger partial charge in [0.05, 0.1) is 0 Å². The Morgan fingerprint density at radius 2 is 2.00 bits per heavy atom. The van der Waals surface area contributed by atoms with Gasteiger partial charge in [0, 0.05) is 6.54 Å². The Hall–Kier alpha value is -0.820. The maximum atomic E-state index is 3.85. The monoisotopic (exact) mass is 191 g/mol. The second-order valence-electron chi connectivity index (χ2n) is 3.81. The average molecular weight is 191 g/mol. The quantitative estimate of drug-likeness (QED) is 0.617. The molecule has 1 saturated heterocycles. The summed E-state index contributed by atoms with van der Waals surface area (Å²) in [5.74, 6) is 0. The van der Waals surface area contributed by atoms with Crippen molar-refractivity contribution >= 4 is 0 Å². The number of hydrogen-bond donors (Lipinski definition) is 0. The van der Waals surface area contributed by atoms with E-state index in [9.17, 15) is 0 Å². The fourth-order valence-electron chi connectivity index (χ4n) is 1.78. The van der Waals surface area contributed by atoms with Crippen molar-refractivity contribution in [3.8, 4) is 0 Å². The molecule has 1 fully saturated rings. The molecule has 1 heteroatoms. The molecule has 0 spiro atoms. The van der Waals surface area contributed by atoms with Crippen LogP contribution in [0.25, 0.3) is 0 Å². The third-order valence-electron chi connectivity index (χ3n) is 2.62. The van der Waals surface area contributed by atoms with Crippen molar-refractivity contribution in [2.24, 2.45) is 0 Å². The third-order valence-corrected chi connectivity index (χ3v) is 2.62. The van der Waals surface area contributed by atoms with Crippen molar-refractivity contribution in [1.29, 1.82) is 0 Å². The van der Waals surface area contributed by atoms with Gasteiger partial charge < -0.3 is 0 Å². The van der Waals surface area contributed by atoms with E-state index in [1.807, 2.05) is 13.0 Å². The molecular formula is C13H21N. The van der Waals surface area contributed by atoms with Gasteiger partial charge in [0.25, 0.3) is 0 Å². The van der Waals surface area contributed by atoms with Crippen molar-refractivity contribution in [3.05, 3.63) is 36.5 Å². The zero-order chi connectivity index (χ0) is 10.2. The molecule has 0 aromatic rings. The first-order chi connectivity index (χ1) is 6.86. The molecule has 0 unspecified atom stereocenters. The van der Waals surface area contributed by atoms with Crippen molar-refractivity contribution in [2.75, 3.05) is 19.6 Å².